The van der Waals surface area contributed by atoms with E-state index in [9.17, 15) is 44.1 Å². The number of nitrogens with one attached hydrogen (secondary N) is 2. The number of hydrazone groups is 1. The predicted octanol–water partition coefficient (Wildman–Crippen LogP) is 3.30. The number of aryl methyl sites for hydroxylation is 1. The number of allylic oxidation sites excluding steroid dienone is 2. The molecule has 4 aromatic rings. The predicted molar refractivity (Wildman–Crippen MR) is 163 cm³/mol. The average Bonchev–Trinajstić information content (AvgIpc) is 3.68. The van der Waals surface area contributed by atoms with Crippen LogP contribution in [-0.2, 0) is 16.6 Å². The second-order valence-electron chi connectivity index (χ2n) is 10.7. The number of pyridine rings is 1. The van der Waals surface area contributed by atoms with Crippen LogP contribution in [-0.4, -0.2) is 62.7 Å². The van der Waals surface area contributed by atoms with Crippen molar-refractivity contribution in [3.63, 3.8) is 0 Å². The third-order valence-corrected chi connectivity index (χ3v) is 9.66. The van der Waals surface area contributed by atoms with Crippen LogP contribution >= 0.6 is 22.9 Å². The zero-order valence-electron chi connectivity index (χ0n) is 23.3. The normalized spacial score (nSPS) is 18.3. The standard InChI is InChI=1S/C31H18ClN3O10S/c1-45-14-8-13(36)18-19(23(14)37)25(39)21-20(24(18)38)27(41)31(28(21)42)5-4-10-6-11-7-12(34-30(44)17(11)26(40)22(10)31)9-33-35-29(43)15-2-3-16(32)46-15/h2-3,6-9,38-40H,4-5H2,1H3,(H,34,44)(H,35,43)/t31-/m0/s1. The molecule has 13 nitrogen and oxygen atoms in total. The lowest BCUT2D eigenvalue weighted by molar-refractivity contribution is 0.0790. The van der Waals surface area contributed by atoms with Gasteiger partial charge in [-0.2, -0.15) is 5.10 Å². The summed E-state index contributed by atoms with van der Waals surface area (Å²) in [6.07, 6.45) is 1.86. The largest absolute Gasteiger partial charge is 0.507 e. The Morgan fingerprint density at radius 2 is 1.72 bits per heavy atom. The molecule has 7 rings (SSSR count). The summed E-state index contributed by atoms with van der Waals surface area (Å²) >= 11 is 6.90. The number of carbonyl (C=O) groups is 5. The van der Waals surface area contributed by atoms with Gasteiger partial charge in [-0.05, 0) is 42.0 Å². The van der Waals surface area contributed by atoms with Gasteiger partial charge in [-0.3, -0.25) is 28.8 Å². The second kappa shape index (κ2) is 9.95. The van der Waals surface area contributed by atoms with Gasteiger partial charge < -0.3 is 25.0 Å². The number of phenolic OH excluding ortho intramolecular Hbond substituents is 3. The molecule has 0 saturated carbocycles. The number of aromatic nitrogens is 1. The van der Waals surface area contributed by atoms with Crippen LogP contribution in [0.2, 0.25) is 4.34 Å². The highest BCUT2D eigenvalue weighted by Gasteiger charge is 2.61. The van der Waals surface area contributed by atoms with E-state index in [1.165, 1.54) is 24.4 Å². The van der Waals surface area contributed by atoms with E-state index in [0.29, 0.717) is 14.8 Å². The molecule has 5 N–H and O–H groups in total. The molecule has 2 aromatic carbocycles. The Balaban J connectivity index is 1.32. The molecule has 1 spiro atoms. The van der Waals surface area contributed by atoms with Crippen molar-refractivity contribution in [3.8, 4) is 17.2 Å². The first-order valence-corrected chi connectivity index (χ1v) is 14.7. The Kier molecular flexibility index (Phi) is 6.30. The summed E-state index contributed by atoms with van der Waals surface area (Å²) in [5.41, 5.74) is -2.97. The Hall–Kier alpha value is -5.60. The van der Waals surface area contributed by atoms with E-state index in [2.05, 4.69) is 15.5 Å². The van der Waals surface area contributed by atoms with Gasteiger partial charge in [0.25, 0.3) is 11.5 Å². The molecule has 2 aromatic heterocycles. The van der Waals surface area contributed by atoms with Gasteiger partial charge >= 0.3 is 0 Å². The molecule has 46 heavy (non-hydrogen) atoms. The number of thiophene rings is 1. The molecule has 2 heterocycles. The smallest absolute Gasteiger partial charge is 0.281 e. The topological polar surface area (TPSA) is 213 Å². The number of H-pyrrole nitrogens is 1. The molecule has 1 atom stereocenters. The highest BCUT2D eigenvalue weighted by molar-refractivity contribution is 7.18. The molecule has 3 aliphatic carbocycles. The van der Waals surface area contributed by atoms with E-state index in [1.54, 1.807) is 6.07 Å². The number of phenols is 3. The molecular formula is C31H18ClN3O10S. The van der Waals surface area contributed by atoms with Gasteiger partial charge in [0.05, 0.1) is 55.9 Å². The van der Waals surface area contributed by atoms with Crippen LogP contribution in [0.15, 0.2) is 46.0 Å². The second-order valence-corrected chi connectivity index (χ2v) is 12.5. The minimum absolute atomic E-state index is 0.0778. The van der Waals surface area contributed by atoms with Crippen LogP contribution in [0.1, 0.15) is 74.3 Å². The molecule has 0 unspecified atom stereocenters. The zero-order valence-corrected chi connectivity index (χ0v) is 24.9. The molecule has 1 amide bonds. The number of aromatic hydroxyl groups is 3. The van der Waals surface area contributed by atoms with Crippen molar-refractivity contribution in [3.05, 3.63) is 94.7 Å². The summed E-state index contributed by atoms with van der Waals surface area (Å²) in [4.78, 5) is 82.3. The minimum Gasteiger partial charge on any atom is -0.507 e. The maximum absolute atomic E-state index is 14.1. The van der Waals surface area contributed by atoms with Crippen LogP contribution in [0.3, 0.4) is 0 Å². The number of aromatic amines is 1. The monoisotopic (exact) mass is 659 g/mol. The van der Waals surface area contributed by atoms with E-state index in [1.807, 2.05) is 0 Å². The lowest BCUT2D eigenvalue weighted by atomic mass is 9.76. The summed E-state index contributed by atoms with van der Waals surface area (Å²) < 4.78 is 5.33. The number of ketones is 4. The minimum atomic E-state index is -2.15. The quantitative estimate of drug-likeness (QED) is 0.0933. The van der Waals surface area contributed by atoms with Crippen LogP contribution in [0.4, 0.5) is 0 Å². The van der Waals surface area contributed by atoms with Crippen molar-refractivity contribution in [1.29, 1.82) is 0 Å². The van der Waals surface area contributed by atoms with Crippen molar-refractivity contribution < 1.29 is 44.0 Å². The van der Waals surface area contributed by atoms with Gasteiger partial charge in [0.15, 0.2) is 23.1 Å². The number of hydrogen-bond donors (Lipinski definition) is 5. The molecule has 15 heteroatoms. The highest BCUT2D eigenvalue weighted by Crippen LogP contribution is 2.57. The Morgan fingerprint density at radius 3 is 2.37 bits per heavy atom. The van der Waals surface area contributed by atoms with Gasteiger partial charge in [0.1, 0.15) is 22.7 Å². The van der Waals surface area contributed by atoms with Crippen molar-refractivity contribution in [2.45, 2.75) is 18.3 Å². The maximum atomic E-state index is 14.1. The molecule has 0 aliphatic heterocycles. The number of halogens is 1. The molecule has 0 fully saturated rings. The third-order valence-electron chi connectivity index (χ3n) is 8.43. The number of carbonyl (C=O) groups excluding carboxylic acids is 5. The van der Waals surface area contributed by atoms with Crippen molar-refractivity contribution in [1.82, 2.24) is 10.4 Å². The van der Waals surface area contributed by atoms with Crippen LogP contribution in [0.5, 0.6) is 17.2 Å². The number of nitrogens with zero attached hydrogens (tertiary/aromatic N) is 1. The van der Waals surface area contributed by atoms with Gasteiger partial charge in [-0.1, -0.05) is 17.7 Å². The Labute approximate surface area is 265 Å². The molecule has 0 radical (unpaired) electrons. The van der Waals surface area contributed by atoms with Crippen molar-refractivity contribution in [2.75, 3.05) is 7.11 Å². The fraction of sp³-hybridized carbons (Fsp3) is 0.129. The highest BCUT2D eigenvalue weighted by atomic mass is 35.5. The van der Waals surface area contributed by atoms with E-state index in [4.69, 9.17) is 16.3 Å². The van der Waals surface area contributed by atoms with Crippen LogP contribution in [0, 0.1) is 0 Å². The lowest BCUT2D eigenvalue weighted by Crippen LogP contribution is -2.36. The van der Waals surface area contributed by atoms with E-state index < -0.39 is 85.3 Å². The van der Waals surface area contributed by atoms with Crippen LogP contribution in [0.25, 0.3) is 10.8 Å². The summed E-state index contributed by atoms with van der Waals surface area (Å²) in [5, 5.41) is 37.6. The maximum Gasteiger partial charge on any atom is 0.281 e. The molecule has 230 valence electrons. The van der Waals surface area contributed by atoms with Crippen molar-refractivity contribution >= 4 is 69.0 Å². The molecular weight excluding hydrogens is 642 g/mol. The number of benzene rings is 2. The molecule has 0 bridgehead atoms. The molecule has 3 aliphatic rings. The first kappa shape index (κ1) is 29.1. The fourth-order valence-electron chi connectivity index (χ4n) is 6.48. The molecule has 0 saturated heterocycles. The first-order valence-electron chi connectivity index (χ1n) is 13.5. The summed E-state index contributed by atoms with van der Waals surface area (Å²) in [6.45, 7) is 0. The summed E-state index contributed by atoms with van der Waals surface area (Å²) in [7, 11) is 1.12. The van der Waals surface area contributed by atoms with Gasteiger partial charge in [0.2, 0.25) is 5.78 Å². The fourth-order valence-corrected chi connectivity index (χ4v) is 7.41. The number of methoxy groups -OCH3 is 1. The number of Topliss-reactive ketones (excluding diaryl/α,β-unsaturated/α-hetero) is 3. The summed E-state index contributed by atoms with van der Waals surface area (Å²) in [5.74, 6) is -7.45. The SMILES string of the molecule is COC1=CC(=O)c2c(O)c3c(c(O)c2C1=O)C(=O)[C@]1(CCc2cc4cc(C=NNC(=O)c5ccc(Cl)s5)[nH]c(=O)c4c(O)c21)C3=O. The van der Waals surface area contributed by atoms with Gasteiger partial charge in [-0.25, -0.2) is 5.43 Å². The van der Waals surface area contributed by atoms with E-state index in [0.717, 1.165) is 24.5 Å². The average molecular weight is 660 g/mol. The van der Waals surface area contributed by atoms with E-state index in [-0.39, 0.29) is 34.9 Å². The summed E-state index contributed by atoms with van der Waals surface area (Å²) in [6, 6.07) is 6.07. The van der Waals surface area contributed by atoms with E-state index >= 15 is 0 Å². The number of amides is 1. The zero-order chi connectivity index (χ0) is 32.8. The lowest BCUT2D eigenvalue weighted by Gasteiger charge is -2.22. The number of hydrogen-bond acceptors (Lipinski definition) is 12. The third kappa shape index (κ3) is 3.77. The van der Waals surface area contributed by atoms with Gasteiger partial charge in [0, 0.05) is 11.6 Å². The first-order chi connectivity index (χ1) is 21.9. The number of fused-ring (bicyclic) bond motifs is 5. The van der Waals surface area contributed by atoms with Crippen molar-refractivity contribution in [2.24, 2.45) is 5.10 Å². The van der Waals surface area contributed by atoms with Crippen LogP contribution < -0.4 is 11.0 Å². The Bertz CT molecular complexity index is 2300. The number of ether oxygens (including phenoxy) is 1. The van der Waals surface area contributed by atoms with Gasteiger partial charge in [-0.15, -0.1) is 11.3 Å². The number of rotatable bonds is 4. The Morgan fingerprint density at radius 1 is 1.02 bits per heavy atom.